The highest BCUT2D eigenvalue weighted by Crippen LogP contribution is 2.40. The van der Waals surface area contributed by atoms with Crippen molar-refractivity contribution in [2.24, 2.45) is 0 Å². The van der Waals surface area contributed by atoms with E-state index in [-0.39, 0.29) is 6.04 Å². The highest BCUT2D eigenvalue weighted by Gasteiger charge is 2.29. The molecule has 0 aliphatic carbocycles. The predicted octanol–water partition coefficient (Wildman–Crippen LogP) is 3.90. The van der Waals surface area contributed by atoms with Gasteiger partial charge in [-0.1, -0.05) is 0 Å². The SMILES string of the molecule is COc1cc2c(cc1CN1CCC[C@@H]1c1cc(-c3cn[nH]c3)cc(C)n1)OCCO2. The second kappa shape index (κ2) is 7.99. The molecule has 1 N–H and O–H groups in total. The summed E-state index contributed by atoms with van der Waals surface area (Å²) in [6.45, 7) is 5.01. The Kier molecular flexibility index (Phi) is 5.04. The van der Waals surface area contributed by atoms with Gasteiger partial charge in [0.2, 0.25) is 0 Å². The maximum Gasteiger partial charge on any atom is 0.165 e. The summed E-state index contributed by atoms with van der Waals surface area (Å²) >= 11 is 0. The van der Waals surface area contributed by atoms with Gasteiger partial charge in [-0.2, -0.15) is 5.10 Å². The maximum absolute atomic E-state index is 5.79. The van der Waals surface area contributed by atoms with Crippen LogP contribution in [-0.2, 0) is 6.54 Å². The van der Waals surface area contributed by atoms with E-state index in [1.54, 1.807) is 7.11 Å². The van der Waals surface area contributed by atoms with Gasteiger partial charge in [0.1, 0.15) is 19.0 Å². The molecule has 0 saturated carbocycles. The van der Waals surface area contributed by atoms with Gasteiger partial charge in [-0.15, -0.1) is 0 Å². The molecule has 156 valence electrons. The van der Waals surface area contributed by atoms with Crippen LogP contribution >= 0.6 is 0 Å². The van der Waals surface area contributed by atoms with Crippen LogP contribution in [0.1, 0.15) is 35.8 Å². The number of nitrogens with one attached hydrogen (secondary N) is 1. The predicted molar refractivity (Wildman–Crippen MR) is 113 cm³/mol. The van der Waals surface area contributed by atoms with Gasteiger partial charge < -0.3 is 14.2 Å². The minimum atomic E-state index is 0.272. The average Bonchev–Trinajstić information content (AvgIpc) is 3.45. The van der Waals surface area contributed by atoms with Crippen molar-refractivity contribution in [1.82, 2.24) is 20.1 Å². The van der Waals surface area contributed by atoms with Crippen LogP contribution in [0.25, 0.3) is 11.1 Å². The number of H-pyrrole nitrogens is 1. The van der Waals surface area contributed by atoms with Crippen LogP contribution in [0, 0.1) is 6.92 Å². The Balaban J connectivity index is 1.44. The Bertz CT molecular complexity index is 1040. The second-order valence-electron chi connectivity index (χ2n) is 7.85. The van der Waals surface area contributed by atoms with Crippen molar-refractivity contribution < 1.29 is 14.2 Å². The molecule has 0 bridgehead atoms. The standard InChI is InChI=1S/C23H26N4O3/c1-15-8-16(18-12-24-25-13-18)9-19(26-15)20-4-3-5-27(20)14-17-10-22-23(11-21(17)28-2)30-7-6-29-22/h8-13,20H,3-7,14H2,1-2H3,(H,24,25)/t20-/m1/s1. The van der Waals surface area contributed by atoms with Crippen LogP contribution in [-0.4, -0.2) is 46.9 Å². The van der Waals surface area contributed by atoms with E-state index in [9.17, 15) is 0 Å². The third-order valence-corrected chi connectivity index (χ3v) is 5.83. The Morgan fingerprint density at radius 2 is 1.97 bits per heavy atom. The van der Waals surface area contributed by atoms with Crippen molar-refractivity contribution in [3.63, 3.8) is 0 Å². The average molecular weight is 406 g/mol. The summed E-state index contributed by atoms with van der Waals surface area (Å²) in [7, 11) is 1.70. The van der Waals surface area contributed by atoms with Crippen molar-refractivity contribution in [1.29, 1.82) is 0 Å². The quantitative estimate of drug-likeness (QED) is 0.693. The fourth-order valence-electron chi connectivity index (χ4n) is 4.44. The molecule has 5 rings (SSSR count). The third kappa shape index (κ3) is 3.61. The van der Waals surface area contributed by atoms with Crippen LogP contribution < -0.4 is 14.2 Å². The number of hydrogen-bond acceptors (Lipinski definition) is 6. The van der Waals surface area contributed by atoms with Gasteiger partial charge in [-0.3, -0.25) is 15.0 Å². The molecule has 7 nitrogen and oxygen atoms in total. The summed E-state index contributed by atoms with van der Waals surface area (Å²) in [4.78, 5) is 7.36. The van der Waals surface area contributed by atoms with Crippen LogP contribution in [0.5, 0.6) is 17.2 Å². The number of ether oxygens (including phenoxy) is 3. The van der Waals surface area contributed by atoms with E-state index in [4.69, 9.17) is 19.2 Å². The minimum absolute atomic E-state index is 0.272. The first-order chi connectivity index (χ1) is 14.7. The molecule has 0 amide bonds. The van der Waals surface area contributed by atoms with Crippen molar-refractivity contribution in [2.75, 3.05) is 26.9 Å². The fraction of sp³-hybridized carbons (Fsp3) is 0.391. The normalized spacial score (nSPS) is 18.5. The van der Waals surface area contributed by atoms with Gasteiger partial charge in [-0.25, -0.2) is 0 Å². The first-order valence-electron chi connectivity index (χ1n) is 10.4. The number of aromatic nitrogens is 3. The molecule has 30 heavy (non-hydrogen) atoms. The molecule has 0 radical (unpaired) electrons. The lowest BCUT2D eigenvalue weighted by Crippen LogP contribution is -2.24. The van der Waals surface area contributed by atoms with Crippen molar-refractivity contribution in [3.8, 4) is 28.4 Å². The summed E-state index contributed by atoms with van der Waals surface area (Å²) < 4.78 is 17.2. The van der Waals surface area contributed by atoms with E-state index in [0.717, 1.165) is 71.3 Å². The molecular formula is C23H26N4O3. The molecule has 1 aromatic carbocycles. The molecule has 1 atom stereocenters. The molecule has 3 aromatic rings. The van der Waals surface area contributed by atoms with Gasteiger partial charge >= 0.3 is 0 Å². The van der Waals surface area contributed by atoms with Crippen LogP contribution in [0.4, 0.5) is 0 Å². The molecule has 0 unspecified atom stereocenters. The van der Waals surface area contributed by atoms with Gasteiger partial charge in [-0.05, 0) is 50.1 Å². The zero-order chi connectivity index (χ0) is 20.5. The molecule has 2 aliphatic rings. The lowest BCUT2D eigenvalue weighted by atomic mass is 10.0. The molecule has 1 fully saturated rings. The number of likely N-dealkylation sites (tertiary alicyclic amines) is 1. The minimum Gasteiger partial charge on any atom is -0.496 e. The van der Waals surface area contributed by atoms with E-state index in [1.807, 2.05) is 18.5 Å². The number of hydrogen-bond donors (Lipinski definition) is 1. The monoisotopic (exact) mass is 406 g/mol. The van der Waals surface area contributed by atoms with E-state index in [0.29, 0.717) is 13.2 Å². The molecule has 2 aliphatic heterocycles. The van der Waals surface area contributed by atoms with Gasteiger partial charge in [0.25, 0.3) is 0 Å². The Morgan fingerprint density at radius 3 is 2.73 bits per heavy atom. The Morgan fingerprint density at radius 1 is 1.13 bits per heavy atom. The number of methoxy groups -OCH3 is 1. The number of nitrogens with zero attached hydrogens (tertiary/aromatic N) is 3. The van der Waals surface area contributed by atoms with Crippen molar-refractivity contribution in [2.45, 2.75) is 32.4 Å². The first-order valence-corrected chi connectivity index (χ1v) is 10.4. The summed E-state index contributed by atoms with van der Waals surface area (Å²) in [5.41, 5.74) is 5.47. The number of pyridine rings is 1. The van der Waals surface area contributed by atoms with Gasteiger partial charge in [0.15, 0.2) is 11.5 Å². The molecule has 1 saturated heterocycles. The number of benzene rings is 1. The van der Waals surface area contributed by atoms with Crippen LogP contribution in [0.3, 0.4) is 0 Å². The van der Waals surface area contributed by atoms with E-state index in [1.165, 1.54) is 0 Å². The van der Waals surface area contributed by atoms with Crippen molar-refractivity contribution in [3.05, 3.63) is 53.6 Å². The number of rotatable bonds is 5. The Labute approximate surface area is 176 Å². The van der Waals surface area contributed by atoms with Crippen LogP contribution in [0.15, 0.2) is 36.7 Å². The topological polar surface area (TPSA) is 72.5 Å². The molecule has 7 heteroatoms. The van der Waals surface area contributed by atoms with Gasteiger partial charge in [0.05, 0.1) is 25.0 Å². The largest absolute Gasteiger partial charge is 0.496 e. The first kappa shape index (κ1) is 18.9. The zero-order valence-electron chi connectivity index (χ0n) is 17.4. The smallest absolute Gasteiger partial charge is 0.165 e. The second-order valence-corrected chi connectivity index (χ2v) is 7.85. The Hall–Kier alpha value is -3.06. The summed E-state index contributed by atoms with van der Waals surface area (Å²) in [5.74, 6) is 2.38. The van der Waals surface area contributed by atoms with E-state index < -0.39 is 0 Å². The zero-order valence-corrected chi connectivity index (χ0v) is 17.4. The molecular weight excluding hydrogens is 380 g/mol. The fourth-order valence-corrected chi connectivity index (χ4v) is 4.44. The maximum atomic E-state index is 5.79. The molecule has 0 spiro atoms. The summed E-state index contributed by atoms with van der Waals surface area (Å²) in [6.07, 6.45) is 6.01. The lowest BCUT2D eigenvalue weighted by Gasteiger charge is -2.27. The molecule has 2 aromatic heterocycles. The number of aryl methyl sites for hydroxylation is 1. The van der Waals surface area contributed by atoms with Gasteiger partial charge in [0, 0.05) is 35.6 Å². The molecule has 4 heterocycles. The summed E-state index contributed by atoms with van der Waals surface area (Å²) in [5, 5.41) is 6.99. The highest BCUT2D eigenvalue weighted by molar-refractivity contribution is 5.62. The van der Waals surface area contributed by atoms with Crippen molar-refractivity contribution >= 4 is 0 Å². The highest BCUT2D eigenvalue weighted by atomic mass is 16.6. The number of fused-ring (bicyclic) bond motifs is 1. The summed E-state index contributed by atoms with van der Waals surface area (Å²) in [6, 6.07) is 8.58. The lowest BCUT2D eigenvalue weighted by molar-refractivity contribution is 0.169. The van der Waals surface area contributed by atoms with E-state index >= 15 is 0 Å². The number of aromatic amines is 1. The van der Waals surface area contributed by atoms with E-state index in [2.05, 4.69) is 40.2 Å². The van der Waals surface area contributed by atoms with Crippen LogP contribution in [0.2, 0.25) is 0 Å². The third-order valence-electron chi connectivity index (χ3n) is 5.83.